The monoisotopic (exact) mass is 303 g/mol. The van der Waals surface area contributed by atoms with Crippen LogP contribution in [0.3, 0.4) is 0 Å². The molecule has 0 saturated carbocycles. The first-order valence-corrected chi connectivity index (χ1v) is 7.14. The molecular weight excluding hydrogens is 290 g/mol. The molecule has 4 aromatic rings. The first kappa shape index (κ1) is 13.3. The molecule has 0 radical (unpaired) electrons. The van der Waals surface area contributed by atoms with E-state index in [4.69, 9.17) is 0 Å². The number of phenolic OH excluding ortho intramolecular Hbond substituents is 2. The quantitative estimate of drug-likeness (QED) is 0.595. The molecule has 23 heavy (non-hydrogen) atoms. The van der Waals surface area contributed by atoms with E-state index in [2.05, 4.69) is 10.1 Å². The van der Waals surface area contributed by atoms with Crippen LogP contribution < -0.4 is 0 Å². The largest absolute Gasteiger partial charge is 0.508 e. The zero-order valence-electron chi connectivity index (χ0n) is 12.1. The second-order valence-electron chi connectivity index (χ2n) is 5.23. The fourth-order valence-corrected chi connectivity index (χ4v) is 2.55. The predicted octanol–water partition coefficient (Wildman–Crippen LogP) is 3.47. The van der Waals surface area contributed by atoms with E-state index in [1.807, 2.05) is 24.3 Å². The van der Waals surface area contributed by atoms with Crippen molar-refractivity contribution in [3.8, 4) is 34.0 Å². The van der Waals surface area contributed by atoms with Crippen molar-refractivity contribution < 1.29 is 10.2 Å². The zero-order valence-corrected chi connectivity index (χ0v) is 12.1. The molecule has 0 atom stereocenters. The molecule has 4 rings (SSSR count). The summed E-state index contributed by atoms with van der Waals surface area (Å²) < 4.78 is 1.73. The van der Waals surface area contributed by atoms with Crippen molar-refractivity contribution in [1.29, 1.82) is 0 Å². The van der Waals surface area contributed by atoms with Gasteiger partial charge in [0, 0.05) is 11.1 Å². The van der Waals surface area contributed by atoms with Gasteiger partial charge in [-0.1, -0.05) is 24.3 Å². The first-order valence-electron chi connectivity index (χ1n) is 7.14. The number of nitrogens with zero attached hydrogens (tertiary/aromatic N) is 3. The lowest BCUT2D eigenvalue weighted by Crippen LogP contribution is -1.96. The summed E-state index contributed by atoms with van der Waals surface area (Å²) in [7, 11) is 0. The summed E-state index contributed by atoms with van der Waals surface area (Å²) in [5.41, 5.74) is 3.89. The SMILES string of the molecule is Oc1cccc(-c2ccc3ncc(-c4cccc(O)c4)n3n2)c1. The Kier molecular flexibility index (Phi) is 2.98. The van der Waals surface area contributed by atoms with Gasteiger partial charge in [0.15, 0.2) is 5.65 Å². The van der Waals surface area contributed by atoms with Crippen LogP contribution >= 0.6 is 0 Å². The van der Waals surface area contributed by atoms with Gasteiger partial charge in [0.05, 0.1) is 17.6 Å². The van der Waals surface area contributed by atoms with Crippen molar-refractivity contribution in [1.82, 2.24) is 14.6 Å². The molecule has 0 aliphatic heterocycles. The fourth-order valence-electron chi connectivity index (χ4n) is 2.55. The Morgan fingerprint density at radius 2 is 1.48 bits per heavy atom. The van der Waals surface area contributed by atoms with E-state index in [1.165, 1.54) is 0 Å². The molecule has 2 aromatic heterocycles. The van der Waals surface area contributed by atoms with Gasteiger partial charge in [0.2, 0.25) is 0 Å². The van der Waals surface area contributed by atoms with Gasteiger partial charge >= 0.3 is 0 Å². The third kappa shape index (κ3) is 2.38. The Balaban J connectivity index is 1.90. The molecule has 0 spiro atoms. The highest BCUT2D eigenvalue weighted by Gasteiger charge is 2.09. The number of aromatic hydroxyl groups is 2. The van der Waals surface area contributed by atoms with E-state index < -0.39 is 0 Å². The molecule has 2 aromatic carbocycles. The zero-order chi connectivity index (χ0) is 15.8. The lowest BCUT2D eigenvalue weighted by atomic mass is 10.1. The molecule has 112 valence electrons. The summed E-state index contributed by atoms with van der Waals surface area (Å²) in [6.45, 7) is 0. The number of hydrogen-bond acceptors (Lipinski definition) is 4. The van der Waals surface area contributed by atoms with Crippen LogP contribution in [0.2, 0.25) is 0 Å². The highest BCUT2D eigenvalue weighted by molar-refractivity contribution is 5.67. The number of imidazole rings is 1. The van der Waals surface area contributed by atoms with Crippen molar-refractivity contribution >= 4 is 5.65 Å². The van der Waals surface area contributed by atoms with Gasteiger partial charge in [-0.25, -0.2) is 9.50 Å². The van der Waals surface area contributed by atoms with Crippen LogP contribution in [0, 0.1) is 0 Å². The minimum atomic E-state index is 0.196. The molecule has 0 aliphatic carbocycles. The summed E-state index contributed by atoms with van der Waals surface area (Å²) in [4.78, 5) is 4.35. The van der Waals surface area contributed by atoms with Gasteiger partial charge in [0.25, 0.3) is 0 Å². The van der Waals surface area contributed by atoms with Crippen molar-refractivity contribution in [2.24, 2.45) is 0 Å². The number of fused-ring (bicyclic) bond motifs is 1. The summed E-state index contributed by atoms with van der Waals surface area (Å²) in [5, 5.41) is 23.9. The minimum absolute atomic E-state index is 0.196. The Morgan fingerprint density at radius 3 is 2.22 bits per heavy atom. The highest BCUT2D eigenvalue weighted by atomic mass is 16.3. The fraction of sp³-hybridized carbons (Fsp3) is 0. The molecule has 5 nitrogen and oxygen atoms in total. The first-order chi connectivity index (χ1) is 11.2. The van der Waals surface area contributed by atoms with Gasteiger partial charge in [-0.3, -0.25) is 0 Å². The smallest absolute Gasteiger partial charge is 0.154 e. The molecule has 2 N–H and O–H groups in total. The second-order valence-corrected chi connectivity index (χ2v) is 5.23. The molecule has 0 unspecified atom stereocenters. The third-order valence-corrected chi connectivity index (χ3v) is 3.65. The predicted molar refractivity (Wildman–Crippen MR) is 87.2 cm³/mol. The van der Waals surface area contributed by atoms with Crippen molar-refractivity contribution in [3.05, 3.63) is 66.9 Å². The maximum atomic E-state index is 9.67. The Bertz CT molecular complexity index is 1010. The maximum Gasteiger partial charge on any atom is 0.154 e. The number of benzene rings is 2. The summed E-state index contributed by atoms with van der Waals surface area (Å²) in [5.74, 6) is 0.393. The lowest BCUT2D eigenvalue weighted by molar-refractivity contribution is 0.475. The van der Waals surface area contributed by atoms with E-state index in [0.29, 0.717) is 5.65 Å². The van der Waals surface area contributed by atoms with Crippen LogP contribution in [0.1, 0.15) is 0 Å². The van der Waals surface area contributed by atoms with Crippen LogP contribution in [-0.4, -0.2) is 24.8 Å². The number of aromatic nitrogens is 3. The average Bonchev–Trinajstić information content (AvgIpc) is 2.98. The van der Waals surface area contributed by atoms with Crippen LogP contribution in [0.25, 0.3) is 28.2 Å². The Labute approximate surface area is 132 Å². The number of hydrogen-bond donors (Lipinski definition) is 2. The highest BCUT2D eigenvalue weighted by Crippen LogP contribution is 2.26. The molecule has 0 bridgehead atoms. The van der Waals surface area contributed by atoms with E-state index in [9.17, 15) is 10.2 Å². The van der Waals surface area contributed by atoms with E-state index >= 15 is 0 Å². The van der Waals surface area contributed by atoms with Gasteiger partial charge in [-0.15, -0.1) is 0 Å². The number of rotatable bonds is 2. The molecule has 0 amide bonds. The van der Waals surface area contributed by atoms with Gasteiger partial charge < -0.3 is 10.2 Å². The maximum absolute atomic E-state index is 9.67. The van der Waals surface area contributed by atoms with Crippen LogP contribution in [0.5, 0.6) is 11.5 Å². The summed E-state index contributed by atoms with van der Waals surface area (Å²) in [6, 6.07) is 17.7. The van der Waals surface area contributed by atoms with Gasteiger partial charge in [0.1, 0.15) is 11.5 Å². The molecule has 0 fully saturated rings. The van der Waals surface area contributed by atoms with E-state index in [-0.39, 0.29) is 11.5 Å². The summed E-state index contributed by atoms with van der Waals surface area (Å²) >= 11 is 0. The van der Waals surface area contributed by atoms with Crippen LogP contribution in [0.15, 0.2) is 66.9 Å². The van der Waals surface area contributed by atoms with Crippen molar-refractivity contribution in [2.75, 3.05) is 0 Å². The molecule has 0 saturated heterocycles. The van der Waals surface area contributed by atoms with E-state index in [1.54, 1.807) is 47.1 Å². The minimum Gasteiger partial charge on any atom is -0.508 e. The molecule has 2 heterocycles. The van der Waals surface area contributed by atoms with E-state index in [0.717, 1.165) is 22.5 Å². The van der Waals surface area contributed by atoms with Crippen molar-refractivity contribution in [3.63, 3.8) is 0 Å². The second kappa shape index (κ2) is 5.14. The molecule has 0 aliphatic rings. The van der Waals surface area contributed by atoms with Gasteiger partial charge in [-0.2, -0.15) is 5.10 Å². The average molecular weight is 303 g/mol. The van der Waals surface area contributed by atoms with Crippen LogP contribution in [0.4, 0.5) is 0 Å². The Morgan fingerprint density at radius 1 is 0.783 bits per heavy atom. The van der Waals surface area contributed by atoms with Crippen LogP contribution in [-0.2, 0) is 0 Å². The Hall–Kier alpha value is -3.34. The third-order valence-electron chi connectivity index (χ3n) is 3.65. The topological polar surface area (TPSA) is 70.7 Å². The normalized spacial score (nSPS) is 11.0. The molecule has 5 heteroatoms. The number of phenols is 2. The van der Waals surface area contributed by atoms with Gasteiger partial charge in [-0.05, 0) is 36.4 Å². The van der Waals surface area contributed by atoms with Crippen molar-refractivity contribution in [2.45, 2.75) is 0 Å². The summed E-state index contributed by atoms with van der Waals surface area (Å²) in [6.07, 6.45) is 1.73. The molecular formula is C18H13N3O2. The standard InChI is InChI=1S/C18H13N3O2/c22-14-5-1-3-12(9-14)16-7-8-18-19-11-17(21(18)20-16)13-4-2-6-15(23)10-13/h1-11,22-23H. The lowest BCUT2D eigenvalue weighted by Gasteiger charge is -2.05.